The van der Waals surface area contributed by atoms with Gasteiger partial charge in [0.2, 0.25) is 0 Å². The summed E-state index contributed by atoms with van der Waals surface area (Å²) in [4.78, 5) is 25.8. The summed E-state index contributed by atoms with van der Waals surface area (Å²) in [7, 11) is 0. The largest absolute Gasteiger partial charge is 0.481 e. The summed E-state index contributed by atoms with van der Waals surface area (Å²) in [6, 6.07) is 7.14. The van der Waals surface area contributed by atoms with Crippen molar-refractivity contribution in [2.24, 2.45) is 0 Å². The fourth-order valence-corrected chi connectivity index (χ4v) is 2.95. The molecule has 1 atom stereocenters. The van der Waals surface area contributed by atoms with Crippen molar-refractivity contribution in [1.29, 1.82) is 0 Å². The summed E-state index contributed by atoms with van der Waals surface area (Å²) in [5, 5.41) is 13.2. The van der Waals surface area contributed by atoms with Crippen LogP contribution in [0.4, 0.5) is 5.69 Å². The third-order valence-electron chi connectivity index (χ3n) is 4.03. The fraction of sp³-hybridized carbons (Fsp3) is 0.312. The number of fused-ring (bicyclic) bond motifs is 1. The molecule has 1 amide bonds. The molecule has 0 fully saturated rings. The van der Waals surface area contributed by atoms with Gasteiger partial charge >= 0.3 is 5.97 Å². The number of aliphatic carboxylic acids is 1. The minimum atomic E-state index is -0.864. The van der Waals surface area contributed by atoms with Gasteiger partial charge in [-0.2, -0.15) is 0 Å². The zero-order valence-electron chi connectivity index (χ0n) is 12.4. The molecule has 1 aliphatic heterocycles. The highest BCUT2D eigenvalue weighted by Crippen LogP contribution is 2.36. The second-order valence-corrected chi connectivity index (χ2v) is 5.39. The number of aromatic nitrogens is 1. The Balaban J connectivity index is 2.04. The maximum atomic E-state index is 12.8. The van der Waals surface area contributed by atoms with E-state index in [2.05, 4.69) is 5.16 Å². The number of carbonyl (C=O) groups is 2. The van der Waals surface area contributed by atoms with Gasteiger partial charge in [-0.15, -0.1) is 0 Å². The smallest absolute Gasteiger partial charge is 0.311 e. The minimum Gasteiger partial charge on any atom is -0.481 e. The lowest BCUT2D eigenvalue weighted by molar-refractivity contribution is -0.139. The topological polar surface area (TPSA) is 83.6 Å². The summed E-state index contributed by atoms with van der Waals surface area (Å²) in [6.45, 7) is 3.78. The Hall–Kier alpha value is -2.63. The highest BCUT2D eigenvalue weighted by Gasteiger charge is 2.34. The Morgan fingerprint density at radius 2 is 2.05 bits per heavy atom. The summed E-state index contributed by atoms with van der Waals surface area (Å²) in [5.41, 5.74) is 2.30. The number of carboxylic acids is 1. The second-order valence-electron chi connectivity index (χ2n) is 5.39. The third kappa shape index (κ3) is 2.16. The van der Waals surface area contributed by atoms with Crippen LogP contribution in [0.1, 0.15) is 39.7 Å². The molecule has 0 saturated heterocycles. The first-order valence-corrected chi connectivity index (χ1v) is 7.07. The number of para-hydroxylation sites is 1. The van der Waals surface area contributed by atoms with E-state index in [4.69, 9.17) is 4.52 Å². The van der Waals surface area contributed by atoms with Crippen LogP contribution in [0.25, 0.3) is 0 Å². The van der Waals surface area contributed by atoms with Crippen LogP contribution in [0.2, 0.25) is 0 Å². The Bertz CT molecular complexity index is 731. The molecule has 0 saturated carbocycles. The van der Waals surface area contributed by atoms with Crippen LogP contribution < -0.4 is 4.90 Å². The summed E-state index contributed by atoms with van der Waals surface area (Å²) in [5.74, 6) is -1.17. The molecular weight excluding hydrogens is 284 g/mol. The average Bonchev–Trinajstić information content (AvgIpc) is 2.84. The van der Waals surface area contributed by atoms with Crippen molar-refractivity contribution in [3.63, 3.8) is 0 Å². The molecule has 1 aromatic carbocycles. The predicted molar refractivity (Wildman–Crippen MR) is 79.1 cm³/mol. The van der Waals surface area contributed by atoms with E-state index in [1.807, 2.05) is 0 Å². The number of rotatable bonds is 2. The van der Waals surface area contributed by atoms with Crippen LogP contribution in [-0.2, 0) is 4.79 Å². The van der Waals surface area contributed by atoms with Crippen molar-refractivity contribution in [3.8, 4) is 0 Å². The molecule has 114 valence electrons. The van der Waals surface area contributed by atoms with Gasteiger partial charge in [-0.1, -0.05) is 23.4 Å². The van der Waals surface area contributed by atoms with E-state index in [0.29, 0.717) is 41.2 Å². The Morgan fingerprint density at radius 3 is 2.68 bits per heavy atom. The molecular formula is C16H16N2O4. The molecule has 1 N–H and O–H groups in total. The van der Waals surface area contributed by atoms with Gasteiger partial charge in [0.1, 0.15) is 11.3 Å². The molecule has 6 heteroatoms. The maximum Gasteiger partial charge on any atom is 0.311 e. The molecule has 0 aliphatic carbocycles. The van der Waals surface area contributed by atoms with E-state index >= 15 is 0 Å². The lowest BCUT2D eigenvalue weighted by Crippen LogP contribution is -2.38. The maximum absolute atomic E-state index is 12.8. The number of carbonyl (C=O) groups excluding carboxylic acids is 1. The minimum absolute atomic E-state index is 0.201. The summed E-state index contributed by atoms with van der Waals surface area (Å²) >= 11 is 0. The van der Waals surface area contributed by atoms with Crippen molar-refractivity contribution in [3.05, 3.63) is 46.8 Å². The number of amides is 1. The van der Waals surface area contributed by atoms with Gasteiger partial charge in [0.25, 0.3) is 5.91 Å². The molecule has 0 spiro atoms. The number of hydrogen-bond donors (Lipinski definition) is 1. The normalized spacial score (nSPS) is 17.2. The van der Waals surface area contributed by atoms with Gasteiger partial charge in [0, 0.05) is 12.2 Å². The predicted octanol–water partition coefficient (Wildman–Crippen LogP) is 2.51. The first-order chi connectivity index (χ1) is 10.5. The number of aryl methyl sites for hydroxylation is 2. The molecule has 2 aromatic rings. The highest BCUT2D eigenvalue weighted by atomic mass is 16.5. The number of nitrogens with zero attached hydrogens (tertiary/aromatic N) is 2. The average molecular weight is 300 g/mol. The van der Waals surface area contributed by atoms with E-state index in [1.54, 1.807) is 43.0 Å². The number of benzene rings is 1. The molecule has 0 radical (unpaired) electrons. The number of anilines is 1. The zero-order chi connectivity index (χ0) is 15.9. The third-order valence-corrected chi connectivity index (χ3v) is 4.03. The first kappa shape index (κ1) is 14.3. The van der Waals surface area contributed by atoms with Gasteiger partial charge in [-0.25, -0.2) is 0 Å². The van der Waals surface area contributed by atoms with Gasteiger partial charge in [-0.3, -0.25) is 9.59 Å². The molecule has 22 heavy (non-hydrogen) atoms. The fourth-order valence-electron chi connectivity index (χ4n) is 2.95. The van der Waals surface area contributed by atoms with Crippen LogP contribution >= 0.6 is 0 Å². The van der Waals surface area contributed by atoms with Crippen molar-refractivity contribution in [2.75, 3.05) is 11.4 Å². The van der Waals surface area contributed by atoms with Crippen LogP contribution in [0, 0.1) is 13.8 Å². The summed E-state index contributed by atoms with van der Waals surface area (Å²) < 4.78 is 5.06. The lowest BCUT2D eigenvalue weighted by atomic mass is 9.89. The van der Waals surface area contributed by atoms with Crippen LogP contribution in [-0.4, -0.2) is 28.7 Å². The first-order valence-electron chi connectivity index (χ1n) is 7.07. The second kappa shape index (κ2) is 5.29. The lowest BCUT2D eigenvalue weighted by Gasteiger charge is -2.32. The quantitative estimate of drug-likeness (QED) is 0.921. The van der Waals surface area contributed by atoms with Crippen LogP contribution in [0.5, 0.6) is 0 Å². The van der Waals surface area contributed by atoms with Gasteiger partial charge in [-0.05, 0) is 31.9 Å². The molecule has 6 nitrogen and oxygen atoms in total. The summed E-state index contributed by atoms with van der Waals surface area (Å²) in [6.07, 6.45) is 0.390. The van der Waals surface area contributed by atoms with Crippen molar-refractivity contribution in [1.82, 2.24) is 5.16 Å². The molecule has 1 unspecified atom stereocenters. The Labute approximate surface area is 127 Å². The SMILES string of the molecule is Cc1noc(C)c1C(=O)N1CCC(C(=O)O)c2ccccc21. The monoisotopic (exact) mass is 300 g/mol. The molecule has 1 aromatic heterocycles. The van der Waals surface area contributed by atoms with Gasteiger partial charge in [0.15, 0.2) is 0 Å². The highest BCUT2D eigenvalue weighted by molar-refractivity contribution is 6.08. The van der Waals surface area contributed by atoms with Crippen molar-refractivity contribution >= 4 is 17.6 Å². The van der Waals surface area contributed by atoms with Gasteiger partial charge < -0.3 is 14.5 Å². The Kier molecular flexibility index (Phi) is 3.44. The van der Waals surface area contributed by atoms with Crippen molar-refractivity contribution < 1.29 is 19.2 Å². The number of carboxylic acid groups (broad SMARTS) is 1. The molecule has 1 aliphatic rings. The van der Waals surface area contributed by atoms with Crippen molar-refractivity contribution in [2.45, 2.75) is 26.2 Å². The molecule has 2 heterocycles. The van der Waals surface area contributed by atoms with E-state index < -0.39 is 11.9 Å². The van der Waals surface area contributed by atoms with Crippen LogP contribution in [0.3, 0.4) is 0 Å². The van der Waals surface area contributed by atoms with E-state index in [0.717, 1.165) is 0 Å². The zero-order valence-corrected chi connectivity index (χ0v) is 12.4. The standard InChI is InChI=1S/C16H16N2O4/c1-9-14(10(2)22-17-9)15(19)18-8-7-12(16(20)21)11-5-3-4-6-13(11)18/h3-6,12H,7-8H2,1-2H3,(H,20,21). The Morgan fingerprint density at radius 1 is 1.32 bits per heavy atom. The van der Waals surface area contributed by atoms with Gasteiger partial charge in [0.05, 0.1) is 11.6 Å². The molecule has 0 bridgehead atoms. The molecule has 3 rings (SSSR count). The van der Waals surface area contributed by atoms with E-state index in [1.165, 1.54) is 0 Å². The van der Waals surface area contributed by atoms with Crippen LogP contribution in [0.15, 0.2) is 28.8 Å². The van der Waals surface area contributed by atoms with E-state index in [-0.39, 0.29) is 5.91 Å². The van der Waals surface area contributed by atoms with E-state index in [9.17, 15) is 14.7 Å². The number of hydrogen-bond acceptors (Lipinski definition) is 4.